The first kappa shape index (κ1) is 15.7. The predicted molar refractivity (Wildman–Crippen MR) is 66.6 cm³/mol. The molecular formula is C11H23ClN2O2. The minimum Gasteiger partial charge on any atom is -0.383 e. The molecule has 5 heteroatoms. The second kappa shape index (κ2) is 7.87. The van der Waals surface area contributed by atoms with Crippen LogP contribution in [0, 0.1) is 11.8 Å². The standard InChI is InChI=1S/C11H22N2O2.ClH/c1-13(6-7-15-2)11(14)10-5-3-4-9(10)8-12;/h9-10H,3-8,12H2,1-2H3;1H/t9-,10-;/m1./s1. The summed E-state index contributed by atoms with van der Waals surface area (Å²) in [6.45, 7) is 1.90. The van der Waals surface area contributed by atoms with Gasteiger partial charge >= 0.3 is 0 Å². The molecule has 0 aromatic rings. The largest absolute Gasteiger partial charge is 0.383 e. The van der Waals surface area contributed by atoms with Crippen LogP contribution in [-0.2, 0) is 9.53 Å². The Bertz CT molecular complexity index is 214. The normalized spacial score (nSPS) is 23.9. The minimum atomic E-state index is 0. The van der Waals surface area contributed by atoms with Crippen molar-refractivity contribution in [2.75, 3.05) is 33.9 Å². The molecule has 0 aliphatic heterocycles. The van der Waals surface area contributed by atoms with Crippen LogP contribution in [0.4, 0.5) is 0 Å². The van der Waals surface area contributed by atoms with Crippen LogP contribution >= 0.6 is 12.4 Å². The lowest BCUT2D eigenvalue weighted by Gasteiger charge is -2.24. The maximum Gasteiger partial charge on any atom is 0.225 e. The van der Waals surface area contributed by atoms with E-state index >= 15 is 0 Å². The van der Waals surface area contributed by atoms with Gasteiger partial charge in [0, 0.05) is 26.6 Å². The molecule has 4 nitrogen and oxygen atoms in total. The average Bonchev–Trinajstić information content (AvgIpc) is 2.72. The molecule has 2 N–H and O–H groups in total. The van der Waals surface area contributed by atoms with Crippen LogP contribution in [0.2, 0.25) is 0 Å². The molecule has 1 aliphatic carbocycles. The number of likely N-dealkylation sites (N-methyl/N-ethyl adjacent to an activating group) is 1. The van der Waals surface area contributed by atoms with E-state index in [1.807, 2.05) is 7.05 Å². The van der Waals surface area contributed by atoms with Crippen LogP contribution in [0.25, 0.3) is 0 Å². The van der Waals surface area contributed by atoms with Gasteiger partial charge in [0.15, 0.2) is 0 Å². The Hall–Kier alpha value is -0.320. The third-order valence-electron chi connectivity index (χ3n) is 3.29. The lowest BCUT2D eigenvalue weighted by Crippen LogP contribution is -2.38. The number of nitrogens with zero attached hydrogens (tertiary/aromatic N) is 1. The van der Waals surface area contributed by atoms with Gasteiger partial charge in [-0.15, -0.1) is 12.4 Å². The summed E-state index contributed by atoms with van der Waals surface area (Å²) in [7, 11) is 3.49. The Balaban J connectivity index is 0.00000225. The van der Waals surface area contributed by atoms with Crippen molar-refractivity contribution in [3.8, 4) is 0 Å². The van der Waals surface area contributed by atoms with Gasteiger partial charge in [0.2, 0.25) is 5.91 Å². The van der Waals surface area contributed by atoms with Crippen molar-refractivity contribution >= 4 is 18.3 Å². The number of halogens is 1. The van der Waals surface area contributed by atoms with E-state index in [1.165, 1.54) is 0 Å². The van der Waals surface area contributed by atoms with Crippen LogP contribution in [0.1, 0.15) is 19.3 Å². The van der Waals surface area contributed by atoms with Crippen molar-refractivity contribution in [2.24, 2.45) is 17.6 Å². The zero-order chi connectivity index (χ0) is 11.3. The van der Waals surface area contributed by atoms with Gasteiger partial charge in [0.05, 0.1) is 6.61 Å². The van der Waals surface area contributed by atoms with Gasteiger partial charge in [-0.3, -0.25) is 4.79 Å². The summed E-state index contributed by atoms with van der Waals surface area (Å²) in [6.07, 6.45) is 3.24. The SMILES string of the molecule is COCCN(C)C(=O)[C@@H]1CCC[C@@H]1CN.Cl. The topological polar surface area (TPSA) is 55.6 Å². The van der Waals surface area contributed by atoms with E-state index < -0.39 is 0 Å². The zero-order valence-electron chi connectivity index (χ0n) is 10.1. The Morgan fingerprint density at radius 1 is 1.50 bits per heavy atom. The summed E-state index contributed by atoms with van der Waals surface area (Å²) >= 11 is 0. The average molecular weight is 251 g/mol. The molecule has 1 aliphatic rings. The maximum atomic E-state index is 12.0. The third kappa shape index (κ3) is 3.92. The molecule has 0 aromatic carbocycles. The lowest BCUT2D eigenvalue weighted by molar-refractivity contribution is -0.135. The van der Waals surface area contributed by atoms with Crippen molar-refractivity contribution in [3.63, 3.8) is 0 Å². The van der Waals surface area contributed by atoms with E-state index in [2.05, 4.69) is 0 Å². The fraction of sp³-hybridized carbons (Fsp3) is 0.909. The van der Waals surface area contributed by atoms with Crippen molar-refractivity contribution < 1.29 is 9.53 Å². The van der Waals surface area contributed by atoms with Crippen molar-refractivity contribution in [1.29, 1.82) is 0 Å². The van der Waals surface area contributed by atoms with Gasteiger partial charge in [-0.1, -0.05) is 6.42 Å². The number of carbonyl (C=O) groups is 1. The molecular weight excluding hydrogens is 228 g/mol. The highest BCUT2D eigenvalue weighted by Gasteiger charge is 2.33. The van der Waals surface area contributed by atoms with Crippen LogP contribution in [-0.4, -0.2) is 44.7 Å². The fourth-order valence-corrected chi connectivity index (χ4v) is 2.27. The summed E-state index contributed by atoms with van der Waals surface area (Å²) in [5.41, 5.74) is 5.67. The summed E-state index contributed by atoms with van der Waals surface area (Å²) in [5.74, 6) is 0.777. The number of amides is 1. The van der Waals surface area contributed by atoms with Gasteiger partial charge in [-0.25, -0.2) is 0 Å². The molecule has 0 aromatic heterocycles. The van der Waals surface area contributed by atoms with E-state index in [1.54, 1.807) is 12.0 Å². The minimum absolute atomic E-state index is 0. The Morgan fingerprint density at radius 2 is 2.19 bits per heavy atom. The number of methoxy groups -OCH3 is 1. The Morgan fingerprint density at radius 3 is 2.75 bits per heavy atom. The monoisotopic (exact) mass is 250 g/mol. The van der Waals surface area contributed by atoms with Gasteiger partial charge in [0.1, 0.15) is 0 Å². The molecule has 1 rings (SSSR count). The maximum absolute atomic E-state index is 12.0. The smallest absolute Gasteiger partial charge is 0.225 e. The van der Waals surface area contributed by atoms with Gasteiger partial charge in [-0.05, 0) is 25.3 Å². The first-order valence-corrected chi connectivity index (χ1v) is 5.64. The lowest BCUT2D eigenvalue weighted by atomic mass is 9.95. The number of ether oxygens (including phenoxy) is 1. The second-order valence-electron chi connectivity index (χ2n) is 4.29. The third-order valence-corrected chi connectivity index (χ3v) is 3.29. The molecule has 1 amide bonds. The van der Waals surface area contributed by atoms with Crippen molar-refractivity contribution in [2.45, 2.75) is 19.3 Å². The fourth-order valence-electron chi connectivity index (χ4n) is 2.27. The molecule has 1 saturated carbocycles. The molecule has 0 bridgehead atoms. The van der Waals surface area contributed by atoms with E-state index in [-0.39, 0.29) is 24.2 Å². The molecule has 0 radical (unpaired) electrons. The quantitative estimate of drug-likeness (QED) is 0.789. The number of hydrogen-bond donors (Lipinski definition) is 1. The highest BCUT2D eigenvalue weighted by atomic mass is 35.5. The predicted octanol–water partition coefficient (Wildman–Crippen LogP) is 0.888. The second-order valence-corrected chi connectivity index (χ2v) is 4.29. The number of hydrogen-bond acceptors (Lipinski definition) is 3. The Kier molecular flexibility index (Phi) is 7.72. The summed E-state index contributed by atoms with van der Waals surface area (Å²) in [4.78, 5) is 13.8. The van der Waals surface area contributed by atoms with Crippen LogP contribution in [0.3, 0.4) is 0 Å². The van der Waals surface area contributed by atoms with E-state index in [9.17, 15) is 4.79 Å². The van der Waals surface area contributed by atoms with Gasteiger partial charge in [0.25, 0.3) is 0 Å². The van der Waals surface area contributed by atoms with Crippen molar-refractivity contribution in [1.82, 2.24) is 4.90 Å². The molecule has 0 saturated heterocycles. The summed E-state index contributed by atoms with van der Waals surface area (Å²) < 4.78 is 4.96. The first-order chi connectivity index (χ1) is 7.20. The molecule has 0 heterocycles. The van der Waals surface area contributed by atoms with E-state index in [0.717, 1.165) is 19.3 Å². The van der Waals surface area contributed by atoms with Crippen LogP contribution in [0.15, 0.2) is 0 Å². The molecule has 0 spiro atoms. The van der Waals surface area contributed by atoms with Crippen LogP contribution in [0.5, 0.6) is 0 Å². The Labute approximate surface area is 104 Å². The molecule has 16 heavy (non-hydrogen) atoms. The first-order valence-electron chi connectivity index (χ1n) is 5.64. The molecule has 0 unspecified atom stereocenters. The summed E-state index contributed by atoms with van der Waals surface area (Å²) in [6, 6.07) is 0. The molecule has 96 valence electrons. The summed E-state index contributed by atoms with van der Waals surface area (Å²) in [5, 5.41) is 0. The van der Waals surface area contributed by atoms with Gasteiger partial charge < -0.3 is 15.4 Å². The highest BCUT2D eigenvalue weighted by Crippen LogP contribution is 2.32. The van der Waals surface area contributed by atoms with Gasteiger partial charge in [-0.2, -0.15) is 0 Å². The highest BCUT2D eigenvalue weighted by molar-refractivity contribution is 5.85. The molecule has 2 atom stereocenters. The van der Waals surface area contributed by atoms with E-state index in [4.69, 9.17) is 10.5 Å². The number of carbonyl (C=O) groups excluding carboxylic acids is 1. The number of rotatable bonds is 5. The zero-order valence-corrected chi connectivity index (χ0v) is 11.0. The van der Waals surface area contributed by atoms with Crippen LogP contribution < -0.4 is 5.73 Å². The van der Waals surface area contributed by atoms with E-state index in [0.29, 0.717) is 25.6 Å². The van der Waals surface area contributed by atoms with Crippen molar-refractivity contribution in [3.05, 3.63) is 0 Å². The molecule has 1 fully saturated rings. The number of nitrogens with two attached hydrogens (primary N) is 1.